The Bertz CT molecular complexity index is 393. The van der Waals surface area contributed by atoms with Gasteiger partial charge in [0.25, 0.3) is 10.0 Å². The van der Waals surface area contributed by atoms with Crippen molar-refractivity contribution < 1.29 is 13.2 Å². The number of nitrogens with one attached hydrogen (secondary N) is 1. The second-order valence-electron chi connectivity index (χ2n) is 3.29. The first kappa shape index (κ1) is 10.6. The monoisotopic (exact) mass is 231 g/mol. The number of aromatic amines is 1. The third kappa shape index (κ3) is 2.19. The Hall–Kier alpha value is -0.920. The minimum atomic E-state index is -3.41. The van der Waals surface area contributed by atoms with Gasteiger partial charge >= 0.3 is 0 Å². The highest BCUT2D eigenvalue weighted by Gasteiger charge is 2.26. The Morgan fingerprint density at radius 2 is 2.27 bits per heavy atom. The van der Waals surface area contributed by atoms with E-state index in [1.165, 1.54) is 16.6 Å². The second-order valence-corrected chi connectivity index (χ2v) is 5.20. The molecule has 0 atom stereocenters. The quantitative estimate of drug-likeness (QED) is 0.766. The number of rotatable bonds is 2. The largest absolute Gasteiger partial charge is 0.380 e. The van der Waals surface area contributed by atoms with Crippen molar-refractivity contribution in [2.75, 3.05) is 26.3 Å². The fraction of sp³-hybridized carbons (Fsp3) is 0.625. The summed E-state index contributed by atoms with van der Waals surface area (Å²) < 4.78 is 30.6. The van der Waals surface area contributed by atoms with Crippen molar-refractivity contribution in [3.05, 3.63) is 12.3 Å². The molecule has 84 valence electrons. The molecular formula is C8H13N3O3S. The Kier molecular flexibility index (Phi) is 3.03. The standard InChI is InChI=1S/C8H13N3O3S/c12-15(13,8-2-3-9-10-8)11-4-1-6-14-7-5-11/h2-3H,1,4-7H2,(H,9,10). The van der Waals surface area contributed by atoms with E-state index in [0.717, 1.165) is 6.42 Å². The van der Waals surface area contributed by atoms with Crippen molar-refractivity contribution in [3.8, 4) is 0 Å². The lowest BCUT2D eigenvalue weighted by atomic mass is 10.5. The maximum Gasteiger partial charge on any atom is 0.260 e. The van der Waals surface area contributed by atoms with Crippen LogP contribution >= 0.6 is 0 Å². The molecule has 1 aromatic heterocycles. The van der Waals surface area contributed by atoms with Crippen LogP contribution in [0.5, 0.6) is 0 Å². The Labute approximate surface area is 88.3 Å². The molecule has 7 heteroatoms. The van der Waals surface area contributed by atoms with Gasteiger partial charge in [0.15, 0.2) is 5.03 Å². The molecule has 1 aliphatic heterocycles. The summed E-state index contributed by atoms with van der Waals surface area (Å²) in [6, 6.07) is 1.46. The zero-order valence-corrected chi connectivity index (χ0v) is 9.03. The van der Waals surface area contributed by atoms with Crippen LogP contribution in [0.4, 0.5) is 0 Å². The number of H-pyrrole nitrogens is 1. The van der Waals surface area contributed by atoms with Gasteiger partial charge in [-0.15, -0.1) is 0 Å². The zero-order valence-electron chi connectivity index (χ0n) is 8.22. The van der Waals surface area contributed by atoms with Gasteiger partial charge in [-0.3, -0.25) is 5.10 Å². The van der Waals surface area contributed by atoms with E-state index in [0.29, 0.717) is 26.3 Å². The van der Waals surface area contributed by atoms with E-state index in [-0.39, 0.29) is 5.03 Å². The van der Waals surface area contributed by atoms with E-state index in [2.05, 4.69) is 10.2 Å². The summed E-state index contributed by atoms with van der Waals surface area (Å²) >= 11 is 0. The van der Waals surface area contributed by atoms with Crippen molar-refractivity contribution in [1.29, 1.82) is 0 Å². The molecule has 2 heterocycles. The molecule has 0 spiro atoms. The first-order valence-electron chi connectivity index (χ1n) is 4.78. The fourth-order valence-electron chi connectivity index (χ4n) is 1.49. The fourth-order valence-corrected chi connectivity index (χ4v) is 2.85. The molecule has 15 heavy (non-hydrogen) atoms. The van der Waals surface area contributed by atoms with Crippen molar-refractivity contribution in [2.24, 2.45) is 0 Å². The third-order valence-corrected chi connectivity index (χ3v) is 4.10. The van der Waals surface area contributed by atoms with E-state index in [4.69, 9.17) is 4.74 Å². The highest BCUT2D eigenvalue weighted by Crippen LogP contribution is 2.13. The normalized spacial score (nSPS) is 20.0. The second kappa shape index (κ2) is 4.30. The molecule has 1 saturated heterocycles. The highest BCUT2D eigenvalue weighted by atomic mass is 32.2. The van der Waals surface area contributed by atoms with E-state index in [1.54, 1.807) is 0 Å². The summed E-state index contributed by atoms with van der Waals surface area (Å²) in [5.41, 5.74) is 0. The molecule has 0 unspecified atom stereocenters. The molecule has 1 fully saturated rings. The highest BCUT2D eigenvalue weighted by molar-refractivity contribution is 7.89. The maximum atomic E-state index is 12.0. The predicted molar refractivity (Wildman–Crippen MR) is 52.8 cm³/mol. The van der Waals surface area contributed by atoms with Crippen molar-refractivity contribution in [2.45, 2.75) is 11.4 Å². The van der Waals surface area contributed by atoms with Crippen LogP contribution in [0.3, 0.4) is 0 Å². The third-order valence-electron chi connectivity index (χ3n) is 2.27. The molecule has 0 amide bonds. The van der Waals surface area contributed by atoms with Crippen LogP contribution < -0.4 is 0 Å². The van der Waals surface area contributed by atoms with Gasteiger partial charge < -0.3 is 4.74 Å². The van der Waals surface area contributed by atoms with Crippen molar-refractivity contribution in [1.82, 2.24) is 14.5 Å². The van der Waals surface area contributed by atoms with Crippen LogP contribution in [0.25, 0.3) is 0 Å². The number of aromatic nitrogens is 2. The number of hydrogen-bond acceptors (Lipinski definition) is 4. The molecule has 0 saturated carbocycles. The number of hydrogen-bond donors (Lipinski definition) is 1. The van der Waals surface area contributed by atoms with Gasteiger partial charge in [0.2, 0.25) is 0 Å². The van der Waals surface area contributed by atoms with Crippen LogP contribution in [0, 0.1) is 0 Å². The summed E-state index contributed by atoms with van der Waals surface area (Å²) in [5, 5.41) is 6.26. The maximum absolute atomic E-state index is 12.0. The Balaban J connectivity index is 2.21. The lowest BCUT2D eigenvalue weighted by Gasteiger charge is -2.17. The average Bonchev–Trinajstić information content (AvgIpc) is 2.61. The minimum Gasteiger partial charge on any atom is -0.380 e. The predicted octanol–water partition coefficient (Wildman–Crippen LogP) is -0.179. The van der Waals surface area contributed by atoms with Gasteiger partial charge in [-0.05, 0) is 12.5 Å². The Morgan fingerprint density at radius 3 is 3.00 bits per heavy atom. The van der Waals surface area contributed by atoms with E-state index >= 15 is 0 Å². The first-order chi connectivity index (χ1) is 7.21. The van der Waals surface area contributed by atoms with Crippen molar-refractivity contribution >= 4 is 10.0 Å². The molecule has 0 bridgehead atoms. The van der Waals surface area contributed by atoms with Crippen LogP contribution in [-0.2, 0) is 14.8 Å². The van der Waals surface area contributed by atoms with Crippen LogP contribution in [0.1, 0.15) is 6.42 Å². The smallest absolute Gasteiger partial charge is 0.260 e. The summed E-state index contributed by atoms with van der Waals surface area (Å²) in [5.74, 6) is 0. The van der Waals surface area contributed by atoms with E-state index in [1.807, 2.05) is 0 Å². The van der Waals surface area contributed by atoms with Gasteiger partial charge in [0.05, 0.1) is 12.8 Å². The minimum absolute atomic E-state index is 0.143. The zero-order chi connectivity index (χ0) is 10.7. The van der Waals surface area contributed by atoms with Gasteiger partial charge in [-0.25, -0.2) is 8.42 Å². The molecule has 6 nitrogen and oxygen atoms in total. The summed E-state index contributed by atoms with van der Waals surface area (Å²) in [6.07, 6.45) is 2.16. The SMILES string of the molecule is O=S(=O)(c1ccn[nH]1)N1CCCOCC1. The first-order valence-corrected chi connectivity index (χ1v) is 6.22. The van der Waals surface area contributed by atoms with E-state index in [9.17, 15) is 8.42 Å². The lowest BCUT2D eigenvalue weighted by molar-refractivity contribution is 0.148. The van der Waals surface area contributed by atoms with Crippen molar-refractivity contribution in [3.63, 3.8) is 0 Å². The van der Waals surface area contributed by atoms with Gasteiger partial charge in [-0.1, -0.05) is 0 Å². The van der Waals surface area contributed by atoms with Gasteiger partial charge in [0, 0.05) is 19.7 Å². The number of nitrogens with zero attached hydrogens (tertiary/aromatic N) is 2. The van der Waals surface area contributed by atoms with Crippen LogP contribution in [0.2, 0.25) is 0 Å². The number of ether oxygens (including phenoxy) is 1. The molecule has 0 aromatic carbocycles. The molecular weight excluding hydrogens is 218 g/mol. The summed E-state index contributed by atoms with van der Waals surface area (Å²) in [4.78, 5) is 0. The van der Waals surface area contributed by atoms with Gasteiger partial charge in [-0.2, -0.15) is 9.40 Å². The summed E-state index contributed by atoms with van der Waals surface area (Å²) in [6.45, 7) is 1.98. The molecule has 0 aliphatic carbocycles. The molecule has 1 aliphatic rings. The van der Waals surface area contributed by atoms with E-state index < -0.39 is 10.0 Å². The Morgan fingerprint density at radius 1 is 1.40 bits per heavy atom. The van der Waals surface area contributed by atoms with Gasteiger partial charge in [0.1, 0.15) is 0 Å². The topological polar surface area (TPSA) is 75.3 Å². The van der Waals surface area contributed by atoms with Crippen LogP contribution in [0.15, 0.2) is 17.3 Å². The average molecular weight is 231 g/mol. The molecule has 0 radical (unpaired) electrons. The molecule has 1 N–H and O–H groups in total. The number of sulfonamides is 1. The van der Waals surface area contributed by atoms with Crippen LogP contribution in [-0.4, -0.2) is 49.2 Å². The molecule has 1 aromatic rings. The molecule has 2 rings (SSSR count). The summed E-state index contributed by atoms with van der Waals surface area (Å²) in [7, 11) is -3.41. The lowest BCUT2D eigenvalue weighted by Crippen LogP contribution is -2.33.